The Labute approximate surface area is 147 Å². The van der Waals surface area contributed by atoms with Crippen LogP contribution in [0, 0.1) is 5.92 Å². The lowest BCUT2D eigenvalue weighted by atomic mass is 10.0. The van der Waals surface area contributed by atoms with E-state index < -0.39 is 12.1 Å². The highest BCUT2D eigenvalue weighted by Crippen LogP contribution is 2.18. The molecule has 1 aliphatic rings. The number of nitrogens with one attached hydrogen (secondary N) is 2. The molecule has 1 aromatic carbocycles. The molecule has 1 aliphatic carbocycles. The van der Waals surface area contributed by atoms with Crippen molar-refractivity contribution in [2.45, 2.75) is 58.0 Å². The first-order valence-electron chi connectivity index (χ1n) is 8.96. The van der Waals surface area contributed by atoms with Gasteiger partial charge >= 0.3 is 6.03 Å². The van der Waals surface area contributed by atoms with E-state index in [-0.39, 0.29) is 17.9 Å². The largest absolute Gasteiger partial charge is 0.352 e. The Kier molecular flexibility index (Phi) is 5.31. The van der Waals surface area contributed by atoms with Crippen LogP contribution in [-0.2, 0) is 4.79 Å². The highest BCUT2D eigenvalue weighted by atomic mass is 16.2. The highest BCUT2D eigenvalue weighted by Gasteiger charge is 2.26. The number of hydrogen-bond donors (Lipinski definition) is 2. The van der Waals surface area contributed by atoms with Crippen LogP contribution in [0.15, 0.2) is 24.3 Å². The van der Waals surface area contributed by atoms with E-state index in [0.717, 1.165) is 25.7 Å². The van der Waals surface area contributed by atoms with Crippen molar-refractivity contribution < 1.29 is 9.59 Å². The van der Waals surface area contributed by atoms with Crippen LogP contribution in [0.1, 0.15) is 46.0 Å². The minimum Gasteiger partial charge on any atom is -0.352 e. The molecule has 0 unspecified atom stereocenters. The molecule has 2 amide bonds. The Morgan fingerprint density at radius 2 is 1.96 bits per heavy atom. The summed E-state index contributed by atoms with van der Waals surface area (Å²) in [6, 6.07) is 6.47. The first-order chi connectivity index (χ1) is 12.0. The molecule has 2 N–H and O–H groups in total. The quantitative estimate of drug-likeness (QED) is 0.873. The number of carbonyl (C=O) groups excluding carboxylic acids is 2. The van der Waals surface area contributed by atoms with Gasteiger partial charge in [0.15, 0.2) is 0 Å². The smallest absolute Gasteiger partial charge is 0.344 e. The average Bonchev–Trinajstić information content (AvgIpc) is 3.22. The summed E-state index contributed by atoms with van der Waals surface area (Å²) in [5, 5.41) is 13.8. The summed E-state index contributed by atoms with van der Waals surface area (Å²) in [7, 11) is 0. The van der Waals surface area contributed by atoms with E-state index in [0.29, 0.717) is 17.5 Å². The van der Waals surface area contributed by atoms with Crippen LogP contribution in [-0.4, -0.2) is 39.0 Å². The number of carbonyl (C=O) groups is 2. The van der Waals surface area contributed by atoms with Crippen molar-refractivity contribution in [2.75, 3.05) is 0 Å². The van der Waals surface area contributed by atoms with Gasteiger partial charge in [0.2, 0.25) is 5.91 Å². The predicted octanol–water partition coefficient (Wildman–Crippen LogP) is 2.46. The molecule has 7 heteroatoms. The minimum absolute atomic E-state index is 0.113. The van der Waals surface area contributed by atoms with Crippen LogP contribution in [0.3, 0.4) is 0 Å². The van der Waals surface area contributed by atoms with Gasteiger partial charge in [-0.05, 0) is 37.3 Å². The number of para-hydroxylation sites is 1. The normalized spacial score (nSPS) is 16.3. The lowest BCUT2D eigenvalue weighted by Crippen LogP contribution is -2.50. The molecule has 7 nitrogen and oxygen atoms in total. The van der Waals surface area contributed by atoms with Crippen LogP contribution < -0.4 is 10.6 Å². The van der Waals surface area contributed by atoms with E-state index in [1.54, 1.807) is 12.1 Å². The molecule has 2 aromatic rings. The van der Waals surface area contributed by atoms with Gasteiger partial charge in [-0.25, -0.2) is 4.79 Å². The molecular formula is C18H25N5O2. The van der Waals surface area contributed by atoms with Crippen molar-refractivity contribution in [1.82, 2.24) is 25.6 Å². The summed E-state index contributed by atoms with van der Waals surface area (Å²) in [5.74, 6) is 0.172. The molecule has 0 spiro atoms. The third kappa shape index (κ3) is 4.15. The molecule has 3 rings (SSSR count). The van der Waals surface area contributed by atoms with E-state index in [4.69, 9.17) is 0 Å². The van der Waals surface area contributed by atoms with Gasteiger partial charge < -0.3 is 10.6 Å². The van der Waals surface area contributed by atoms with Gasteiger partial charge in [-0.2, -0.15) is 4.68 Å². The molecule has 1 fully saturated rings. The topological polar surface area (TPSA) is 88.9 Å². The Morgan fingerprint density at radius 3 is 2.68 bits per heavy atom. The van der Waals surface area contributed by atoms with Gasteiger partial charge in [0, 0.05) is 6.04 Å². The third-order valence-corrected chi connectivity index (χ3v) is 4.57. The summed E-state index contributed by atoms with van der Waals surface area (Å²) in [6.45, 7) is 4.07. The standard InChI is InChI=1S/C18H25N5O2/c1-12(2)11-15(17(24)19-13-7-3-4-8-13)20-18(25)23-16-10-6-5-9-14(16)21-22-23/h5-6,9-10,12-13,15H,3-4,7-8,11H2,1-2H3,(H,19,24)(H,20,25)/t15-/m0/s1. The molecular weight excluding hydrogens is 318 g/mol. The first-order valence-corrected chi connectivity index (χ1v) is 8.96. The van der Waals surface area contributed by atoms with Crippen LogP contribution in [0.5, 0.6) is 0 Å². The number of aromatic nitrogens is 3. The fourth-order valence-corrected chi connectivity index (χ4v) is 3.30. The van der Waals surface area contributed by atoms with Gasteiger partial charge in [0.25, 0.3) is 0 Å². The van der Waals surface area contributed by atoms with Crippen molar-refractivity contribution in [3.63, 3.8) is 0 Å². The number of fused-ring (bicyclic) bond motifs is 1. The molecule has 1 aromatic heterocycles. The second-order valence-corrected chi connectivity index (χ2v) is 7.11. The van der Waals surface area contributed by atoms with Crippen molar-refractivity contribution in [3.05, 3.63) is 24.3 Å². The zero-order valence-corrected chi connectivity index (χ0v) is 14.7. The molecule has 0 aliphatic heterocycles. The van der Waals surface area contributed by atoms with Gasteiger partial charge in [-0.15, -0.1) is 5.10 Å². The Hall–Kier alpha value is -2.44. The lowest BCUT2D eigenvalue weighted by molar-refractivity contribution is -0.124. The Bertz CT molecular complexity index is 749. The molecule has 0 saturated heterocycles. The maximum absolute atomic E-state index is 12.6. The number of nitrogens with zero attached hydrogens (tertiary/aromatic N) is 3. The van der Waals surface area contributed by atoms with E-state index in [1.165, 1.54) is 4.68 Å². The van der Waals surface area contributed by atoms with Crippen LogP contribution in [0.25, 0.3) is 11.0 Å². The van der Waals surface area contributed by atoms with Gasteiger partial charge in [-0.3, -0.25) is 4.79 Å². The summed E-state index contributed by atoms with van der Waals surface area (Å²) >= 11 is 0. The highest BCUT2D eigenvalue weighted by molar-refractivity contribution is 5.91. The molecule has 0 bridgehead atoms. The first kappa shape index (κ1) is 17.4. The SMILES string of the molecule is CC(C)C[C@H](NC(=O)n1nnc2ccccc21)C(=O)NC1CCCC1. The third-order valence-electron chi connectivity index (χ3n) is 4.57. The molecule has 134 valence electrons. The Balaban J connectivity index is 1.72. The molecule has 0 radical (unpaired) electrons. The van der Waals surface area contributed by atoms with Crippen molar-refractivity contribution >= 4 is 23.0 Å². The minimum atomic E-state index is -0.573. The maximum atomic E-state index is 12.6. The van der Waals surface area contributed by atoms with E-state index in [2.05, 4.69) is 20.9 Å². The maximum Gasteiger partial charge on any atom is 0.344 e. The molecule has 25 heavy (non-hydrogen) atoms. The predicted molar refractivity (Wildman–Crippen MR) is 95.1 cm³/mol. The van der Waals surface area contributed by atoms with Crippen LogP contribution in [0.4, 0.5) is 4.79 Å². The number of amides is 2. The summed E-state index contributed by atoms with van der Waals surface area (Å²) in [4.78, 5) is 25.3. The second kappa shape index (κ2) is 7.63. The number of benzene rings is 1. The monoisotopic (exact) mass is 343 g/mol. The zero-order chi connectivity index (χ0) is 17.8. The molecule has 1 heterocycles. The summed E-state index contributed by atoms with van der Waals surface area (Å²) in [5.41, 5.74) is 1.27. The Morgan fingerprint density at radius 1 is 1.24 bits per heavy atom. The number of hydrogen-bond acceptors (Lipinski definition) is 4. The molecule has 1 saturated carbocycles. The van der Waals surface area contributed by atoms with Gasteiger partial charge in [0.1, 0.15) is 11.6 Å². The fraction of sp³-hybridized carbons (Fsp3) is 0.556. The lowest BCUT2D eigenvalue weighted by Gasteiger charge is -2.22. The fourth-order valence-electron chi connectivity index (χ4n) is 3.30. The van der Waals surface area contributed by atoms with Crippen molar-refractivity contribution in [3.8, 4) is 0 Å². The summed E-state index contributed by atoms with van der Waals surface area (Å²) in [6.07, 6.45) is 4.91. The van der Waals surface area contributed by atoms with Gasteiger partial charge in [0.05, 0.1) is 5.52 Å². The van der Waals surface area contributed by atoms with Gasteiger partial charge in [-0.1, -0.05) is 44.0 Å². The van der Waals surface area contributed by atoms with E-state index >= 15 is 0 Å². The average molecular weight is 343 g/mol. The van der Waals surface area contributed by atoms with E-state index in [9.17, 15) is 9.59 Å². The van der Waals surface area contributed by atoms with Crippen molar-refractivity contribution in [1.29, 1.82) is 0 Å². The summed E-state index contributed by atoms with van der Waals surface area (Å²) < 4.78 is 1.21. The van der Waals surface area contributed by atoms with Crippen LogP contribution in [0.2, 0.25) is 0 Å². The van der Waals surface area contributed by atoms with Crippen LogP contribution >= 0.6 is 0 Å². The number of rotatable bonds is 5. The van der Waals surface area contributed by atoms with Crippen molar-refractivity contribution in [2.24, 2.45) is 5.92 Å². The van der Waals surface area contributed by atoms with E-state index in [1.807, 2.05) is 26.0 Å². The molecule has 1 atom stereocenters. The zero-order valence-electron chi connectivity index (χ0n) is 14.7. The second-order valence-electron chi connectivity index (χ2n) is 7.11.